The zero-order valence-corrected chi connectivity index (χ0v) is 12.2. The molecule has 1 fully saturated rings. The number of hydrogen-bond donors (Lipinski definition) is 1. The van der Waals surface area contributed by atoms with Gasteiger partial charge in [-0.2, -0.15) is 0 Å². The van der Waals surface area contributed by atoms with Gasteiger partial charge in [-0.3, -0.25) is 4.79 Å². The molecular formula is C16H24N2O. The lowest BCUT2D eigenvalue weighted by atomic mass is 10.1. The Kier molecular flexibility index (Phi) is 4.46. The number of hydrogen-bond acceptors (Lipinski definition) is 2. The van der Waals surface area contributed by atoms with Gasteiger partial charge in [0.05, 0.1) is 0 Å². The van der Waals surface area contributed by atoms with E-state index >= 15 is 0 Å². The predicted octanol–water partition coefficient (Wildman–Crippen LogP) is 3.30. The number of carbonyl (C=O) groups excluding carboxylic acids is 1. The van der Waals surface area contributed by atoms with Gasteiger partial charge in [0, 0.05) is 31.4 Å². The average molecular weight is 260 g/mol. The van der Waals surface area contributed by atoms with E-state index < -0.39 is 0 Å². The van der Waals surface area contributed by atoms with Crippen molar-refractivity contribution in [2.24, 2.45) is 5.92 Å². The Bertz CT molecular complexity index is 452. The fourth-order valence-corrected chi connectivity index (χ4v) is 2.39. The minimum atomic E-state index is 0.189. The zero-order chi connectivity index (χ0) is 13.8. The normalized spacial score (nSPS) is 14.3. The second kappa shape index (κ2) is 6.09. The van der Waals surface area contributed by atoms with E-state index in [4.69, 9.17) is 0 Å². The van der Waals surface area contributed by atoms with Gasteiger partial charge in [0.15, 0.2) is 0 Å². The molecule has 0 spiro atoms. The molecule has 3 heteroatoms. The highest BCUT2D eigenvalue weighted by Crippen LogP contribution is 2.30. The lowest BCUT2D eigenvalue weighted by molar-refractivity contribution is 0.0747. The highest BCUT2D eigenvalue weighted by Gasteiger charge is 2.27. The largest absolute Gasteiger partial charge is 0.388 e. The van der Waals surface area contributed by atoms with Crippen LogP contribution in [0.15, 0.2) is 18.2 Å². The molecule has 0 heterocycles. The first-order chi connectivity index (χ1) is 9.15. The molecule has 19 heavy (non-hydrogen) atoms. The van der Waals surface area contributed by atoms with Gasteiger partial charge in [-0.1, -0.05) is 6.92 Å². The topological polar surface area (TPSA) is 32.3 Å². The molecular weight excluding hydrogens is 236 g/mol. The number of nitrogens with one attached hydrogen (secondary N) is 1. The predicted molar refractivity (Wildman–Crippen MR) is 79.6 cm³/mol. The first kappa shape index (κ1) is 13.9. The Hall–Kier alpha value is -1.51. The van der Waals surface area contributed by atoms with Gasteiger partial charge in [-0.15, -0.1) is 0 Å². The maximum Gasteiger partial charge on any atom is 0.254 e. The lowest BCUT2D eigenvalue weighted by Crippen LogP contribution is -2.34. The Morgan fingerprint density at radius 2 is 2.16 bits per heavy atom. The molecule has 1 aromatic carbocycles. The van der Waals surface area contributed by atoms with Crippen LogP contribution in [0.2, 0.25) is 0 Å². The number of aryl methyl sites for hydroxylation is 1. The third-order valence-electron chi connectivity index (χ3n) is 3.70. The smallest absolute Gasteiger partial charge is 0.254 e. The molecule has 1 aromatic rings. The highest BCUT2D eigenvalue weighted by molar-refractivity contribution is 5.96. The summed E-state index contributed by atoms with van der Waals surface area (Å²) in [6.45, 7) is 5.93. The molecule has 0 aliphatic heterocycles. The molecule has 1 saturated carbocycles. The SMILES string of the molecule is CCCN(CC1CC1)C(=O)c1ccc(NC)cc1C. The summed E-state index contributed by atoms with van der Waals surface area (Å²) in [7, 11) is 1.90. The van der Waals surface area contributed by atoms with E-state index in [2.05, 4.69) is 12.2 Å². The molecule has 1 aliphatic rings. The van der Waals surface area contributed by atoms with Gasteiger partial charge in [0.25, 0.3) is 5.91 Å². The summed E-state index contributed by atoms with van der Waals surface area (Å²) in [5.74, 6) is 0.932. The van der Waals surface area contributed by atoms with Crippen LogP contribution < -0.4 is 5.32 Å². The van der Waals surface area contributed by atoms with Crippen LogP contribution >= 0.6 is 0 Å². The van der Waals surface area contributed by atoms with E-state index in [9.17, 15) is 4.79 Å². The Balaban J connectivity index is 2.15. The summed E-state index contributed by atoms with van der Waals surface area (Å²) in [4.78, 5) is 14.7. The molecule has 3 nitrogen and oxygen atoms in total. The number of benzene rings is 1. The van der Waals surface area contributed by atoms with Crippen molar-refractivity contribution in [3.8, 4) is 0 Å². The van der Waals surface area contributed by atoms with Crippen LogP contribution in [-0.2, 0) is 0 Å². The number of carbonyl (C=O) groups is 1. The Morgan fingerprint density at radius 3 is 2.68 bits per heavy atom. The standard InChI is InChI=1S/C16H24N2O/c1-4-9-18(11-13-5-6-13)16(19)15-8-7-14(17-3)10-12(15)2/h7-8,10,13,17H,4-6,9,11H2,1-3H3. The Morgan fingerprint density at radius 1 is 1.42 bits per heavy atom. The van der Waals surface area contributed by atoms with Crippen molar-refractivity contribution in [3.05, 3.63) is 29.3 Å². The Labute approximate surface area is 116 Å². The minimum Gasteiger partial charge on any atom is -0.388 e. The molecule has 0 aromatic heterocycles. The summed E-state index contributed by atoms with van der Waals surface area (Å²) >= 11 is 0. The molecule has 1 amide bonds. The van der Waals surface area contributed by atoms with Gasteiger partial charge in [0.2, 0.25) is 0 Å². The van der Waals surface area contributed by atoms with Crippen molar-refractivity contribution >= 4 is 11.6 Å². The number of anilines is 1. The highest BCUT2D eigenvalue weighted by atomic mass is 16.2. The summed E-state index contributed by atoms with van der Waals surface area (Å²) in [6.07, 6.45) is 3.59. The summed E-state index contributed by atoms with van der Waals surface area (Å²) in [6, 6.07) is 5.95. The van der Waals surface area contributed by atoms with Gasteiger partial charge in [-0.05, 0) is 55.9 Å². The van der Waals surface area contributed by atoms with Crippen LogP contribution in [0.5, 0.6) is 0 Å². The monoisotopic (exact) mass is 260 g/mol. The summed E-state index contributed by atoms with van der Waals surface area (Å²) in [5, 5.41) is 3.11. The maximum atomic E-state index is 12.6. The van der Waals surface area contributed by atoms with Crippen LogP contribution in [0.25, 0.3) is 0 Å². The van der Waals surface area contributed by atoms with Crippen LogP contribution in [0.3, 0.4) is 0 Å². The average Bonchev–Trinajstić information content (AvgIpc) is 3.21. The fourth-order valence-electron chi connectivity index (χ4n) is 2.39. The van der Waals surface area contributed by atoms with Gasteiger partial charge in [0.1, 0.15) is 0 Å². The number of amides is 1. The van der Waals surface area contributed by atoms with E-state index in [-0.39, 0.29) is 5.91 Å². The second-order valence-electron chi connectivity index (χ2n) is 5.47. The molecule has 0 unspecified atom stereocenters. The van der Waals surface area contributed by atoms with E-state index in [1.807, 2.05) is 37.1 Å². The van der Waals surface area contributed by atoms with Crippen molar-refractivity contribution in [2.45, 2.75) is 33.1 Å². The molecule has 0 saturated heterocycles. The van der Waals surface area contributed by atoms with E-state index in [0.717, 1.165) is 42.2 Å². The van der Waals surface area contributed by atoms with Crippen molar-refractivity contribution < 1.29 is 4.79 Å². The zero-order valence-electron chi connectivity index (χ0n) is 12.2. The van der Waals surface area contributed by atoms with Crippen LogP contribution in [-0.4, -0.2) is 30.9 Å². The van der Waals surface area contributed by atoms with Crippen molar-refractivity contribution in [2.75, 3.05) is 25.5 Å². The molecule has 0 atom stereocenters. The molecule has 0 radical (unpaired) electrons. The maximum absolute atomic E-state index is 12.6. The van der Waals surface area contributed by atoms with E-state index in [0.29, 0.717) is 0 Å². The van der Waals surface area contributed by atoms with Crippen LogP contribution in [0.1, 0.15) is 42.1 Å². The molecule has 104 valence electrons. The first-order valence-electron chi connectivity index (χ1n) is 7.23. The first-order valence-corrected chi connectivity index (χ1v) is 7.23. The quantitative estimate of drug-likeness (QED) is 0.851. The van der Waals surface area contributed by atoms with Crippen molar-refractivity contribution in [3.63, 3.8) is 0 Å². The van der Waals surface area contributed by atoms with Crippen molar-refractivity contribution in [1.29, 1.82) is 0 Å². The van der Waals surface area contributed by atoms with E-state index in [1.165, 1.54) is 12.8 Å². The third kappa shape index (κ3) is 3.49. The summed E-state index contributed by atoms with van der Waals surface area (Å²) in [5.41, 5.74) is 2.94. The van der Waals surface area contributed by atoms with Gasteiger partial charge in [-0.25, -0.2) is 0 Å². The minimum absolute atomic E-state index is 0.189. The third-order valence-corrected chi connectivity index (χ3v) is 3.70. The number of rotatable bonds is 6. The fraction of sp³-hybridized carbons (Fsp3) is 0.562. The number of nitrogens with zero attached hydrogens (tertiary/aromatic N) is 1. The second-order valence-corrected chi connectivity index (χ2v) is 5.47. The molecule has 1 N–H and O–H groups in total. The van der Waals surface area contributed by atoms with Crippen LogP contribution in [0, 0.1) is 12.8 Å². The van der Waals surface area contributed by atoms with Gasteiger partial charge >= 0.3 is 0 Å². The molecule has 2 rings (SSSR count). The van der Waals surface area contributed by atoms with Crippen LogP contribution in [0.4, 0.5) is 5.69 Å². The lowest BCUT2D eigenvalue weighted by Gasteiger charge is -2.23. The van der Waals surface area contributed by atoms with Crippen molar-refractivity contribution in [1.82, 2.24) is 4.90 Å². The summed E-state index contributed by atoms with van der Waals surface area (Å²) < 4.78 is 0. The molecule has 0 bridgehead atoms. The van der Waals surface area contributed by atoms with E-state index in [1.54, 1.807) is 0 Å². The van der Waals surface area contributed by atoms with Gasteiger partial charge < -0.3 is 10.2 Å². The molecule has 1 aliphatic carbocycles.